The fraction of sp³-hybridized carbons (Fsp3) is 0.868. The summed E-state index contributed by atoms with van der Waals surface area (Å²) >= 11 is 0. The maximum absolute atomic E-state index is 13.2. The summed E-state index contributed by atoms with van der Waals surface area (Å²) in [6, 6.07) is 0. The first-order valence-corrected chi connectivity index (χ1v) is 18.4. The molecule has 0 radical (unpaired) electrons. The second-order valence-corrected chi connectivity index (χ2v) is 18.2. The molecule has 0 bridgehead atoms. The summed E-state index contributed by atoms with van der Waals surface area (Å²) in [6.45, 7) is 14.3. The highest BCUT2D eigenvalue weighted by atomic mass is 16.6. The van der Waals surface area contributed by atoms with E-state index in [-0.39, 0.29) is 29.8 Å². The number of hydrogen-bond donors (Lipinski definition) is 8. The number of carboxylic acid groups (broad SMARTS) is 1. The molecule has 0 unspecified atom stereocenters. The highest BCUT2D eigenvalue weighted by Crippen LogP contribution is 2.72. The van der Waals surface area contributed by atoms with Crippen molar-refractivity contribution < 1.29 is 54.9 Å². The summed E-state index contributed by atoms with van der Waals surface area (Å²) in [7, 11) is 0. The lowest BCUT2D eigenvalue weighted by atomic mass is 9.42. The molecule has 12 nitrogen and oxygen atoms in total. The number of aliphatic hydroxyl groups excluding tert-OH is 4. The van der Waals surface area contributed by atoms with Gasteiger partial charge in [0.2, 0.25) is 5.91 Å². The van der Waals surface area contributed by atoms with Crippen molar-refractivity contribution in [3.8, 4) is 0 Å². The van der Waals surface area contributed by atoms with E-state index in [1.807, 2.05) is 13.8 Å². The Hall–Kier alpha value is -2.09. The van der Waals surface area contributed by atoms with Crippen LogP contribution in [0.25, 0.3) is 0 Å². The number of fused-ring (bicyclic) bond motifs is 4. The van der Waals surface area contributed by atoms with Crippen LogP contribution in [0, 0.1) is 39.4 Å². The van der Waals surface area contributed by atoms with Crippen molar-refractivity contribution in [1.82, 2.24) is 5.32 Å². The molecule has 0 aliphatic heterocycles. The summed E-state index contributed by atoms with van der Waals surface area (Å²) in [5.74, 6) is -2.84. The van der Waals surface area contributed by atoms with E-state index >= 15 is 0 Å². The molecule has 2 saturated carbocycles. The lowest BCUT2D eigenvalue weighted by Gasteiger charge is -2.64. The van der Waals surface area contributed by atoms with Crippen LogP contribution in [0.3, 0.4) is 0 Å². The topological polar surface area (TPSA) is 214 Å². The quantitative estimate of drug-likeness (QED) is 0.103. The van der Waals surface area contributed by atoms with Crippen LogP contribution in [-0.2, 0) is 19.1 Å². The van der Waals surface area contributed by atoms with Crippen LogP contribution in [0.15, 0.2) is 11.1 Å². The van der Waals surface area contributed by atoms with Gasteiger partial charge in [-0.2, -0.15) is 0 Å². The fourth-order valence-electron chi connectivity index (χ4n) is 11.1. The number of amides is 1. The number of carboxylic acids is 1. The van der Waals surface area contributed by atoms with Crippen LogP contribution in [-0.4, -0.2) is 102 Å². The number of hydrogen-bond acceptors (Lipinski definition) is 10. The molecule has 11 atom stereocenters. The SMILES string of the molecule is CC(C)(O)[C@@H](O)CC[C@@H](CO)[C@H]1CC[C@]2(C)C3=C(C[C@H](O)[C@@]12C)[C@@]1(C)C[C@H](O)[C@H](OC(=O)C[C@](C)(O)CC(=O)NCC(=O)O)C(C)(C)[C@H]1CC3. The molecule has 8 N–H and O–H groups in total. The Balaban J connectivity index is 1.55. The van der Waals surface area contributed by atoms with Gasteiger partial charge in [0.05, 0.1) is 42.4 Å². The molecule has 0 aromatic carbocycles. The molecule has 4 rings (SSSR count). The largest absolute Gasteiger partial charge is 0.480 e. The molecule has 0 heterocycles. The minimum atomic E-state index is -1.79. The van der Waals surface area contributed by atoms with Crippen molar-refractivity contribution in [2.45, 2.75) is 155 Å². The molecular weight excluding hydrogens is 646 g/mol. The molecule has 4 aliphatic rings. The van der Waals surface area contributed by atoms with Crippen LogP contribution < -0.4 is 5.32 Å². The Morgan fingerprint density at radius 2 is 1.62 bits per heavy atom. The van der Waals surface area contributed by atoms with Gasteiger partial charge in [0.1, 0.15) is 12.6 Å². The summed E-state index contributed by atoms with van der Waals surface area (Å²) in [4.78, 5) is 36.0. The summed E-state index contributed by atoms with van der Waals surface area (Å²) < 4.78 is 5.91. The maximum Gasteiger partial charge on any atom is 0.322 e. The summed E-state index contributed by atoms with van der Waals surface area (Å²) in [5.41, 5.74) is -2.56. The third kappa shape index (κ3) is 7.26. The standard InChI is InChI=1S/C38H63NO11/c1-33(2)26-11-10-23-24(15-28(43)38(8)22(13-14-37(23,38)7)21(20-40)9-12-27(42)34(3,4)48)36(26,6)16-25(41)32(33)50-31(47)18-35(5,49)17-29(44)39-19-30(45)46/h21-22,25-28,32,40-43,48-49H,9-20H2,1-8H3,(H,39,44)(H,45,46)/t21-,22+,25-,26+,27-,28-,32-,35+,36+,37+,38+/m0/s1. The smallest absolute Gasteiger partial charge is 0.322 e. The van der Waals surface area contributed by atoms with Gasteiger partial charge in [-0.25, -0.2) is 0 Å². The van der Waals surface area contributed by atoms with E-state index in [9.17, 15) is 45.0 Å². The second-order valence-electron chi connectivity index (χ2n) is 18.2. The number of aliphatic hydroxyl groups is 6. The molecule has 0 aromatic heterocycles. The van der Waals surface area contributed by atoms with Gasteiger partial charge in [-0.05, 0) is 101 Å². The number of ether oxygens (including phenoxy) is 1. The van der Waals surface area contributed by atoms with Gasteiger partial charge in [-0.15, -0.1) is 0 Å². The normalized spacial score (nSPS) is 37.4. The van der Waals surface area contributed by atoms with Crippen molar-refractivity contribution >= 4 is 17.8 Å². The predicted octanol–water partition coefficient (Wildman–Crippen LogP) is 2.84. The number of nitrogens with one attached hydrogen (secondary N) is 1. The molecular formula is C38H63NO11. The monoisotopic (exact) mass is 709 g/mol. The lowest BCUT2D eigenvalue weighted by molar-refractivity contribution is -0.198. The minimum Gasteiger partial charge on any atom is -0.480 e. The zero-order chi connectivity index (χ0) is 37.8. The van der Waals surface area contributed by atoms with E-state index < -0.39 is 89.1 Å². The molecule has 2 fully saturated rings. The number of carbonyl (C=O) groups is 3. The Morgan fingerprint density at radius 3 is 2.20 bits per heavy atom. The third-order valence-corrected chi connectivity index (χ3v) is 14.0. The van der Waals surface area contributed by atoms with Gasteiger partial charge in [0.25, 0.3) is 0 Å². The molecule has 286 valence electrons. The number of aliphatic carboxylic acids is 1. The molecule has 0 saturated heterocycles. The van der Waals surface area contributed by atoms with E-state index in [1.54, 1.807) is 13.8 Å². The predicted molar refractivity (Wildman–Crippen MR) is 184 cm³/mol. The van der Waals surface area contributed by atoms with E-state index in [1.165, 1.54) is 18.1 Å². The number of carbonyl (C=O) groups excluding carboxylic acids is 2. The number of esters is 1. The van der Waals surface area contributed by atoms with Crippen LogP contribution in [0.4, 0.5) is 0 Å². The van der Waals surface area contributed by atoms with Crippen LogP contribution in [0.2, 0.25) is 0 Å². The first-order valence-electron chi connectivity index (χ1n) is 18.4. The van der Waals surface area contributed by atoms with Crippen molar-refractivity contribution in [3.05, 3.63) is 11.1 Å². The lowest BCUT2D eigenvalue weighted by Crippen LogP contribution is -2.62. The highest BCUT2D eigenvalue weighted by Gasteiger charge is 2.67. The van der Waals surface area contributed by atoms with Crippen molar-refractivity contribution in [1.29, 1.82) is 0 Å². The second kappa shape index (κ2) is 14.0. The van der Waals surface area contributed by atoms with Crippen molar-refractivity contribution in [3.63, 3.8) is 0 Å². The zero-order valence-corrected chi connectivity index (χ0v) is 31.3. The van der Waals surface area contributed by atoms with Gasteiger partial charge in [-0.1, -0.05) is 45.8 Å². The van der Waals surface area contributed by atoms with E-state index in [0.717, 1.165) is 25.7 Å². The Labute approximate surface area is 296 Å². The summed E-state index contributed by atoms with van der Waals surface area (Å²) in [6.07, 6.45) is 0.358. The Kier molecular flexibility index (Phi) is 11.4. The van der Waals surface area contributed by atoms with E-state index in [2.05, 4.69) is 26.1 Å². The molecule has 12 heteroatoms. The van der Waals surface area contributed by atoms with E-state index in [0.29, 0.717) is 25.7 Å². The van der Waals surface area contributed by atoms with Crippen LogP contribution in [0.1, 0.15) is 120 Å². The molecule has 0 aromatic rings. The number of rotatable bonds is 13. The Morgan fingerprint density at radius 1 is 0.980 bits per heavy atom. The van der Waals surface area contributed by atoms with Gasteiger partial charge in [0, 0.05) is 17.4 Å². The summed E-state index contributed by atoms with van der Waals surface area (Å²) in [5, 5.41) is 76.9. The first-order chi connectivity index (χ1) is 22.8. The van der Waals surface area contributed by atoms with Gasteiger partial charge >= 0.3 is 11.9 Å². The minimum absolute atomic E-state index is 0.00290. The van der Waals surface area contributed by atoms with E-state index in [4.69, 9.17) is 9.84 Å². The third-order valence-electron chi connectivity index (χ3n) is 14.0. The fourth-order valence-corrected chi connectivity index (χ4v) is 11.1. The molecule has 1 amide bonds. The van der Waals surface area contributed by atoms with Gasteiger partial charge in [0.15, 0.2) is 0 Å². The maximum atomic E-state index is 13.2. The Bertz CT molecular complexity index is 1340. The highest BCUT2D eigenvalue weighted by molar-refractivity contribution is 5.82. The van der Waals surface area contributed by atoms with Crippen LogP contribution >= 0.6 is 0 Å². The molecule has 4 aliphatic carbocycles. The molecule has 0 spiro atoms. The number of allylic oxidation sites excluding steroid dienone is 1. The molecule has 50 heavy (non-hydrogen) atoms. The van der Waals surface area contributed by atoms with Gasteiger partial charge in [-0.3, -0.25) is 14.4 Å². The average Bonchev–Trinajstić information content (AvgIpc) is 3.26. The van der Waals surface area contributed by atoms with Crippen LogP contribution in [0.5, 0.6) is 0 Å². The van der Waals surface area contributed by atoms with Crippen molar-refractivity contribution in [2.24, 2.45) is 39.4 Å². The van der Waals surface area contributed by atoms with Crippen molar-refractivity contribution in [2.75, 3.05) is 13.2 Å². The first kappa shape index (κ1) is 40.7. The average molecular weight is 710 g/mol. The van der Waals surface area contributed by atoms with Gasteiger partial charge < -0.3 is 45.8 Å². The zero-order valence-electron chi connectivity index (χ0n) is 31.3.